The Bertz CT molecular complexity index is 416. The van der Waals surface area contributed by atoms with E-state index in [0.29, 0.717) is 5.54 Å². The maximum atomic E-state index is 3.78. The van der Waals surface area contributed by atoms with Gasteiger partial charge in [-0.15, -0.1) is 0 Å². The van der Waals surface area contributed by atoms with Crippen molar-refractivity contribution in [3.05, 3.63) is 29.3 Å². The predicted molar refractivity (Wildman–Crippen MR) is 77.0 cm³/mol. The Kier molecular flexibility index (Phi) is 3.29. The fourth-order valence-corrected chi connectivity index (χ4v) is 3.19. The molecule has 1 heterocycles. The SMILES string of the molecule is CCC1(NCc2ccc3c(c2)CCCN3)CCC1. The average Bonchev–Trinajstić information content (AvgIpc) is 2.38. The van der Waals surface area contributed by atoms with Crippen molar-refractivity contribution in [3.8, 4) is 0 Å². The van der Waals surface area contributed by atoms with Crippen LogP contribution >= 0.6 is 0 Å². The first-order valence-corrected chi connectivity index (χ1v) is 7.42. The second-order valence-electron chi connectivity index (χ2n) is 5.86. The highest BCUT2D eigenvalue weighted by atomic mass is 15.0. The summed E-state index contributed by atoms with van der Waals surface area (Å²) < 4.78 is 0. The van der Waals surface area contributed by atoms with E-state index in [9.17, 15) is 0 Å². The van der Waals surface area contributed by atoms with Crippen LogP contribution in [-0.4, -0.2) is 12.1 Å². The smallest absolute Gasteiger partial charge is 0.0372 e. The highest BCUT2D eigenvalue weighted by Crippen LogP contribution is 2.35. The van der Waals surface area contributed by atoms with Crippen molar-refractivity contribution >= 4 is 5.69 Å². The summed E-state index contributed by atoms with van der Waals surface area (Å²) in [7, 11) is 0. The highest BCUT2D eigenvalue weighted by molar-refractivity contribution is 5.54. The lowest BCUT2D eigenvalue weighted by Gasteiger charge is -2.42. The molecule has 2 aliphatic rings. The lowest BCUT2D eigenvalue weighted by Crippen LogP contribution is -2.49. The third-order valence-corrected chi connectivity index (χ3v) is 4.76. The summed E-state index contributed by atoms with van der Waals surface area (Å²) in [6, 6.07) is 6.91. The Balaban J connectivity index is 1.66. The molecule has 2 heteroatoms. The lowest BCUT2D eigenvalue weighted by atomic mass is 9.75. The molecular formula is C16H24N2. The first-order valence-electron chi connectivity index (χ1n) is 7.42. The van der Waals surface area contributed by atoms with E-state index >= 15 is 0 Å². The average molecular weight is 244 g/mol. The summed E-state index contributed by atoms with van der Waals surface area (Å²) in [5.74, 6) is 0. The van der Waals surface area contributed by atoms with E-state index in [1.165, 1.54) is 55.3 Å². The Morgan fingerprint density at radius 1 is 1.28 bits per heavy atom. The van der Waals surface area contributed by atoms with E-state index in [0.717, 1.165) is 13.1 Å². The van der Waals surface area contributed by atoms with E-state index in [-0.39, 0.29) is 0 Å². The molecular weight excluding hydrogens is 220 g/mol. The zero-order valence-corrected chi connectivity index (χ0v) is 11.4. The number of hydrogen-bond donors (Lipinski definition) is 2. The number of fused-ring (bicyclic) bond motifs is 1. The second kappa shape index (κ2) is 4.93. The van der Waals surface area contributed by atoms with Crippen molar-refractivity contribution < 1.29 is 0 Å². The number of rotatable bonds is 4. The topological polar surface area (TPSA) is 24.1 Å². The van der Waals surface area contributed by atoms with Gasteiger partial charge in [-0.25, -0.2) is 0 Å². The molecule has 1 aliphatic heterocycles. The molecule has 0 amide bonds. The van der Waals surface area contributed by atoms with Gasteiger partial charge >= 0.3 is 0 Å². The molecule has 0 aromatic heterocycles. The Hall–Kier alpha value is -1.02. The van der Waals surface area contributed by atoms with Crippen LogP contribution in [0.3, 0.4) is 0 Å². The molecule has 0 saturated heterocycles. The number of aryl methyl sites for hydroxylation is 1. The zero-order valence-electron chi connectivity index (χ0n) is 11.4. The van der Waals surface area contributed by atoms with Gasteiger partial charge in [-0.2, -0.15) is 0 Å². The maximum Gasteiger partial charge on any atom is 0.0372 e. The molecule has 1 aromatic rings. The fraction of sp³-hybridized carbons (Fsp3) is 0.625. The standard InChI is InChI=1S/C16H24N2/c1-2-16(8-4-9-16)18-12-13-6-7-15-14(11-13)5-3-10-17-15/h6-7,11,17-18H,2-5,8-10,12H2,1H3. The van der Waals surface area contributed by atoms with E-state index in [1.54, 1.807) is 0 Å². The molecule has 18 heavy (non-hydrogen) atoms. The van der Waals surface area contributed by atoms with Gasteiger partial charge in [0.15, 0.2) is 0 Å². The molecule has 98 valence electrons. The van der Waals surface area contributed by atoms with Crippen LogP contribution in [0.4, 0.5) is 5.69 Å². The van der Waals surface area contributed by atoms with Crippen LogP contribution in [0.1, 0.15) is 50.2 Å². The van der Waals surface area contributed by atoms with Crippen LogP contribution in [-0.2, 0) is 13.0 Å². The minimum absolute atomic E-state index is 0.453. The van der Waals surface area contributed by atoms with Crippen molar-refractivity contribution in [2.45, 2.75) is 57.5 Å². The summed E-state index contributed by atoms with van der Waals surface area (Å²) in [5, 5.41) is 7.26. The first kappa shape index (κ1) is 12.0. The Morgan fingerprint density at radius 3 is 2.89 bits per heavy atom. The van der Waals surface area contributed by atoms with Crippen molar-refractivity contribution in [2.24, 2.45) is 0 Å². The first-order chi connectivity index (χ1) is 8.81. The molecule has 1 fully saturated rings. The highest BCUT2D eigenvalue weighted by Gasteiger charge is 2.34. The van der Waals surface area contributed by atoms with E-state index in [2.05, 4.69) is 35.8 Å². The van der Waals surface area contributed by atoms with Gasteiger partial charge < -0.3 is 10.6 Å². The summed E-state index contributed by atoms with van der Waals surface area (Å²) in [4.78, 5) is 0. The van der Waals surface area contributed by atoms with E-state index in [1.807, 2.05) is 0 Å². The van der Waals surface area contributed by atoms with Gasteiger partial charge in [-0.05, 0) is 55.7 Å². The van der Waals surface area contributed by atoms with Gasteiger partial charge in [0.2, 0.25) is 0 Å². The molecule has 0 unspecified atom stereocenters. The quantitative estimate of drug-likeness (QED) is 0.847. The molecule has 2 N–H and O–H groups in total. The normalized spacial score (nSPS) is 20.7. The number of anilines is 1. The molecule has 0 atom stereocenters. The van der Waals surface area contributed by atoms with Gasteiger partial charge in [0.1, 0.15) is 0 Å². The van der Waals surface area contributed by atoms with E-state index in [4.69, 9.17) is 0 Å². The van der Waals surface area contributed by atoms with Crippen molar-refractivity contribution in [1.29, 1.82) is 0 Å². The summed E-state index contributed by atoms with van der Waals surface area (Å²) in [6.45, 7) is 4.47. The van der Waals surface area contributed by atoms with Crippen LogP contribution < -0.4 is 10.6 Å². The van der Waals surface area contributed by atoms with Gasteiger partial charge in [0.05, 0.1) is 0 Å². The van der Waals surface area contributed by atoms with Gasteiger partial charge in [0, 0.05) is 24.3 Å². The van der Waals surface area contributed by atoms with Crippen molar-refractivity contribution in [3.63, 3.8) is 0 Å². The Labute approximate surface area is 110 Å². The van der Waals surface area contributed by atoms with Crippen LogP contribution in [0.5, 0.6) is 0 Å². The summed E-state index contributed by atoms with van der Waals surface area (Å²) in [5.41, 5.74) is 4.74. The zero-order chi connectivity index (χ0) is 12.4. The molecule has 0 radical (unpaired) electrons. The molecule has 1 aromatic carbocycles. The van der Waals surface area contributed by atoms with Crippen LogP contribution in [0.25, 0.3) is 0 Å². The molecule has 0 bridgehead atoms. The molecule has 1 saturated carbocycles. The van der Waals surface area contributed by atoms with Gasteiger partial charge in [-0.1, -0.05) is 19.1 Å². The van der Waals surface area contributed by atoms with Crippen LogP contribution in [0.15, 0.2) is 18.2 Å². The lowest BCUT2D eigenvalue weighted by molar-refractivity contribution is 0.175. The molecule has 3 rings (SSSR count). The van der Waals surface area contributed by atoms with Gasteiger partial charge in [-0.3, -0.25) is 0 Å². The number of benzene rings is 1. The molecule has 2 nitrogen and oxygen atoms in total. The predicted octanol–water partition coefficient (Wildman–Crippen LogP) is 3.47. The Morgan fingerprint density at radius 2 is 2.17 bits per heavy atom. The second-order valence-corrected chi connectivity index (χ2v) is 5.86. The van der Waals surface area contributed by atoms with Crippen LogP contribution in [0.2, 0.25) is 0 Å². The number of hydrogen-bond acceptors (Lipinski definition) is 2. The minimum Gasteiger partial charge on any atom is -0.385 e. The maximum absolute atomic E-state index is 3.78. The molecule has 0 spiro atoms. The summed E-state index contributed by atoms with van der Waals surface area (Å²) in [6.07, 6.45) is 7.87. The van der Waals surface area contributed by atoms with Crippen LogP contribution in [0, 0.1) is 0 Å². The fourth-order valence-electron chi connectivity index (χ4n) is 3.19. The third kappa shape index (κ3) is 2.26. The molecule has 1 aliphatic carbocycles. The van der Waals surface area contributed by atoms with Crippen molar-refractivity contribution in [2.75, 3.05) is 11.9 Å². The monoisotopic (exact) mass is 244 g/mol. The third-order valence-electron chi connectivity index (χ3n) is 4.76. The minimum atomic E-state index is 0.453. The number of nitrogens with one attached hydrogen (secondary N) is 2. The van der Waals surface area contributed by atoms with Crippen molar-refractivity contribution in [1.82, 2.24) is 5.32 Å². The summed E-state index contributed by atoms with van der Waals surface area (Å²) >= 11 is 0. The van der Waals surface area contributed by atoms with E-state index < -0.39 is 0 Å². The van der Waals surface area contributed by atoms with Gasteiger partial charge in [0.25, 0.3) is 0 Å². The largest absolute Gasteiger partial charge is 0.385 e.